The molecule has 0 saturated carbocycles. The summed E-state index contributed by atoms with van der Waals surface area (Å²) in [6.07, 6.45) is 1.45. The molecule has 3 nitrogen and oxygen atoms in total. The van der Waals surface area contributed by atoms with E-state index >= 15 is 0 Å². The van der Waals surface area contributed by atoms with Crippen molar-refractivity contribution in [2.75, 3.05) is 6.26 Å². The van der Waals surface area contributed by atoms with Crippen molar-refractivity contribution in [2.45, 2.75) is 25.2 Å². The number of hydrogen-bond acceptors (Lipinski definition) is 3. The second-order valence-corrected chi connectivity index (χ2v) is 6.08. The molecular weight excluding hydrogens is 212 g/mol. The summed E-state index contributed by atoms with van der Waals surface area (Å²) in [7, 11) is -2.96. The van der Waals surface area contributed by atoms with Gasteiger partial charge in [0.05, 0.1) is 11.9 Å². The van der Waals surface area contributed by atoms with Crippen molar-refractivity contribution in [2.24, 2.45) is 0 Å². The molecule has 0 aliphatic rings. The van der Waals surface area contributed by atoms with Crippen LogP contribution < -0.4 is 0 Å². The number of aliphatic hydroxyl groups is 1. The third-order valence-corrected chi connectivity index (χ3v) is 2.84. The molecule has 0 aliphatic heterocycles. The highest BCUT2D eigenvalue weighted by molar-refractivity contribution is 7.89. The van der Waals surface area contributed by atoms with Gasteiger partial charge in [0.25, 0.3) is 0 Å². The summed E-state index contributed by atoms with van der Waals surface area (Å²) in [4.78, 5) is 0. The van der Waals surface area contributed by atoms with Crippen LogP contribution >= 0.6 is 0 Å². The second kappa shape index (κ2) is 4.77. The first-order chi connectivity index (χ1) is 6.87. The van der Waals surface area contributed by atoms with Crippen LogP contribution in [-0.4, -0.2) is 25.9 Å². The van der Waals surface area contributed by atoms with Crippen LogP contribution in [-0.2, 0) is 22.0 Å². The van der Waals surface area contributed by atoms with E-state index < -0.39 is 9.84 Å². The summed E-state index contributed by atoms with van der Waals surface area (Å²) in [6, 6.07) is 7.29. The highest BCUT2D eigenvalue weighted by atomic mass is 32.2. The molecule has 84 valence electrons. The topological polar surface area (TPSA) is 54.4 Å². The van der Waals surface area contributed by atoms with Crippen LogP contribution in [0.15, 0.2) is 24.3 Å². The van der Waals surface area contributed by atoms with Gasteiger partial charge in [0, 0.05) is 6.26 Å². The van der Waals surface area contributed by atoms with E-state index in [4.69, 9.17) is 5.11 Å². The molecule has 4 heteroatoms. The molecule has 0 amide bonds. The van der Waals surface area contributed by atoms with Crippen LogP contribution in [0.4, 0.5) is 0 Å². The number of sulfone groups is 1. The summed E-state index contributed by atoms with van der Waals surface area (Å²) in [5.74, 6) is 0.0714. The smallest absolute Gasteiger partial charge is 0.151 e. The predicted octanol–water partition coefficient (Wildman–Crippen LogP) is 1.15. The van der Waals surface area contributed by atoms with Crippen LogP contribution in [0.2, 0.25) is 0 Å². The van der Waals surface area contributed by atoms with E-state index in [-0.39, 0.29) is 11.9 Å². The van der Waals surface area contributed by atoms with Gasteiger partial charge in [-0.25, -0.2) is 8.42 Å². The van der Waals surface area contributed by atoms with Crippen LogP contribution in [0.25, 0.3) is 0 Å². The van der Waals surface area contributed by atoms with E-state index in [2.05, 4.69) is 0 Å². The quantitative estimate of drug-likeness (QED) is 0.841. The zero-order valence-electron chi connectivity index (χ0n) is 8.97. The van der Waals surface area contributed by atoms with Gasteiger partial charge in [0.1, 0.15) is 0 Å². The minimum absolute atomic E-state index is 0.0714. The average molecular weight is 228 g/mol. The van der Waals surface area contributed by atoms with Gasteiger partial charge in [-0.15, -0.1) is 0 Å². The van der Waals surface area contributed by atoms with E-state index in [9.17, 15) is 8.42 Å². The SMILES string of the molecule is CC(O)Cc1ccc(CS(C)(=O)=O)cc1. The molecule has 1 aromatic rings. The van der Waals surface area contributed by atoms with Gasteiger partial charge in [0.2, 0.25) is 0 Å². The molecule has 1 atom stereocenters. The Bertz CT molecular complexity index is 404. The summed E-state index contributed by atoms with van der Waals surface area (Å²) in [5.41, 5.74) is 1.80. The summed E-state index contributed by atoms with van der Waals surface area (Å²) >= 11 is 0. The lowest BCUT2D eigenvalue weighted by Gasteiger charge is -2.05. The minimum atomic E-state index is -2.96. The maximum absolute atomic E-state index is 11.0. The first-order valence-electron chi connectivity index (χ1n) is 4.80. The monoisotopic (exact) mass is 228 g/mol. The zero-order valence-corrected chi connectivity index (χ0v) is 9.79. The third-order valence-electron chi connectivity index (χ3n) is 1.98. The maximum Gasteiger partial charge on any atom is 0.151 e. The summed E-state index contributed by atoms with van der Waals surface area (Å²) in [5, 5.41) is 9.17. The fourth-order valence-corrected chi connectivity index (χ4v) is 2.21. The third kappa shape index (κ3) is 4.95. The molecule has 0 spiro atoms. The lowest BCUT2D eigenvalue weighted by molar-refractivity contribution is 0.195. The molecule has 1 unspecified atom stereocenters. The Morgan fingerprint density at radius 2 is 1.67 bits per heavy atom. The lowest BCUT2D eigenvalue weighted by Crippen LogP contribution is -2.05. The summed E-state index contributed by atoms with van der Waals surface area (Å²) in [6.45, 7) is 1.73. The Labute approximate surface area is 90.7 Å². The fourth-order valence-electron chi connectivity index (χ4n) is 1.42. The van der Waals surface area contributed by atoms with Gasteiger partial charge in [-0.1, -0.05) is 24.3 Å². The largest absolute Gasteiger partial charge is 0.393 e. The molecule has 0 saturated heterocycles. The normalized spacial score (nSPS) is 13.8. The minimum Gasteiger partial charge on any atom is -0.393 e. The molecule has 0 radical (unpaired) electrons. The number of aliphatic hydroxyl groups excluding tert-OH is 1. The van der Waals surface area contributed by atoms with Crippen molar-refractivity contribution in [3.05, 3.63) is 35.4 Å². The Kier molecular flexibility index (Phi) is 3.88. The molecule has 1 aromatic carbocycles. The zero-order chi connectivity index (χ0) is 11.5. The van der Waals surface area contributed by atoms with Crippen molar-refractivity contribution in [3.63, 3.8) is 0 Å². The van der Waals surface area contributed by atoms with Gasteiger partial charge in [-0.05, 0) is 24.5 Å². The molecule has 0 fully saturated rings. The molecule has 1 rings (SSSR count). The van der Waals surface area contributed by atoms with Gasteiger partial charge >= 0.3 is 0 Å². The van der Waals surface area contributed by atoms with Crippen LogP contribution in [0, 0.1) is 0 Å². The van der Waals surface area contributed by atoms with Crippen LogP contribution in [0.1, 0.15) is 18.1 Å². The second-order valence-electron chi connectivity index (χ2n) is 3.94. The van der Waals surface area contributed by atoms with E-state index in [1.54, 1.807) is 19.1 Å². The van der Waals surface area contributed by atoms with Crippen LogP contribution in [0.5, 0.6) is 0 Å². The molecular formula is C11H16O3S. The van der Waals surface area contributed by atoms with Gasteiger partial charge < -0.3 is 5.11 Å². The van der Waals surface area contributed by atoms with Crippen LogP contribution in [0.3, 0.4) is 0 Å². The Morgan fingerprint density at radius 1 is 1.20 bits per heavy atom. The van der Waals surface area contributed by atoms with Gasteiger partial charge in [0.15, 0.2) is 9.84 Å². The highest BCUT2D eigenvalue weighted by Gasteiger charge is 2.04. The number of benzene rings is 1. The standard InChI is InChI=1S/C11H16O3S/c1-9(12)7-10-3-5-11(6-4-10)8-15(2,13)14/h3-6,9,12H,7-8H2,1-2H3. The van der Waals surface area contributed by atoms with Crippen molar-refractivity contribution in [3.8, 4) is 0 Å². The van der Waals surface area contributed by atoms with E-state index in [1.165, 1.54) is 6.26 Å². The van der Waals surface area contributed by atoms with Gasteiger partial charge in [-0.2, -0.15) is 0 Å². The summed E-state index contributed by atoms with van der Waals surface area (Å²) < 4.78 is 22.0. The predicted molar refractivity (Wildman–Crippen MR) is 60.4 cm³/mol. The highest BCUT2D eigenvalue weighted by Crippen LogP contribution is 2.09. The molecule has 0 aliphatic carbocycles. The van der Waals surface area contributed by atoms with Crippen molar-refractivity contribution >= 4 is 9.84 Å². The molecule has 15 heavy (non-hydrogen) atoms. The average Bonchev–Trinajstić information content (AvgIpc) is 2.05. The number of rotatable bonds is 4. The van der Waals surface area contributed by atoms with Crippen molar-refractivity contribution in [1.29, 1.82) is 0 Å². The van der Waals surface area contributed by atoms with E-state index in [0.717, 1.165) is 11.1 Å². The first kappa shape index (κ1) is 12.2. The van der Waals surface area contributed by atoms with Crippen molar-refractivity contribution < 1.29 is 13.5 Å². The first-order valence-corrected chi connectivity index (χ1v) is 6.86. The fraction of sp³-hybridized carbons (Fsp3) is 0.455. The Hall–Kier alpha value is -0.870. The molecule has 0 heterocycles. The maximum atomic E-state index is 11.0. The van der Waals surface area contributed by atoms with E-state index in [1.807, 2.05) is 12.1 Å². The van der Waals surface area contributed by atoms with Gasteiger partial charge in [-0.3, -0.25) is 0 Å². The lowest BCUT2D eigenvalue weighted by atomic mass is 10.1. The van der Waals surface area contributed by atoms with Crippen molar-refractivity contribution in [1.82, 2.24) is 0 Å². The Morgan fingerprint density at radius 3 is 2.07 bits per heavy atom. The number of hydrogen-bond donors (Lipinski definition) is 1. The molecule has 1 N–H and O–H groups in total. The molecule has 0 aromatic heterocycles. The Balaban J connectivity index is 2.73. The molecule has 0 bridgehead atoms. The van der Waals surface area contributed by atoms with E-state index in [0.29, 0.717) is 6.42 Å².